The first-order chi connectivity index (χ1) is 8.34. The van der Waals surface area contributed by atoms with E-state index in [1.54, 1.807) is 6.26 Å². The van der Waals surface area contributed by atoms with Gasteiger partial charge in [-0.05, 0) is 24.3 Å². The van der Waals surface area contributed by atoms with Crippen molar-refractivity contribution in [3.05, 3.63) is 46.8 Å². The number of benzene rings is 1. The van der Waals surface area contributed by atoms with E-state index >= 15 is 0 Å². The van der Waals surface area contributed by atoms with Crippen LogP contribution in [0, 0.1) is 0 Å². The zero-order chi connectivity index (χ0) is 11.9. The molecule has 2 rings (SSSR count). The molecule has 4 nitrogen and oxygen atoms in total. The fourth-order valence-electron chi connectivity index (χ4n) is 1.32. The predicted molar refractivity (Wildman–Crippen MR) is 67.8 cm³/mol. The first kappa shape index (κ1) is 12.1. The van der Waals surface area contributed by atoms with E-state index in [0.29, 0.717) is 13.2 Å². The molecule has 2 aromatic rings. The SMILES string of the molecule is Brc1ccc(OCCNCc2ccon2)cc1. The summed E-state index contributed by atoms with van der Waals surface area (Å²) in [5, 5.41) is 7.01. The third-order valence-electron chi connectivity index (χ3n) is 2.16. The third-order valence-corrected chi connectivity index (χ3v) is 2.69. The molecule has 0 aliphatic heterocycles. The van der Waals surface area contributed by atoms with Crippen LogP contribution in [0.4, 0.5) is 0 Å². The molecule has 5 heteroatoms. The van der Waals surface area contributed by atoms with Crippen LogP contribution in [0.1, 0.15) is 5.69 Å². The topological polar surface area (TPSA) is 47.3 Å². The molecule has 0 saturated heterocycles. The van der Waals surface area contributed by atoms with E-state index in [-0.39, 0.29) is 0 Å². The maximum absolute atomic E-state index is 5.55. The van der Waals surface area contributed by atoms with Gasteiger partial charge in [0.1, 0.15) is 18.6 Å². The van der Waals surface area contributed by atoms with Gasteiger partial charge in [-0.3, -0.25) is 0 Å². The summed E-state index contributed by atoms with van der Waals surface area (Å²) in [7, 11) is 0. The van der Waals surface area contributed by atoms with Crippen LogP contribution in [0.15, 0.2) is 45.6 Å². The van der Waals surface area contributed by atoms with Crippen LogP contribution < -0.4 is 10.1 Å². The van der Waals surface area contributed by atoms with Crippen LogP contribution in [0.2, 0.25) is 0 Å². The van der Waals surface area contributed by atoms with Crippen LogP contribution in [0.5, 0.6) is 5.75 Å². The summed E-state index contributed by atoms with van der Waals surface area (Å²) in [6.07, 6.45) is 1.56. The highest BCUT2D eigenvalue weighted by molar-refractivity contribution is 9.10. The fraction of sp³-hybridized carbons (Fsp3) is 0.250. The maximum Gasteiger partial charge on any atom is 0.124 e. The molecule has 1 aromatic heterocycles. The second-order valence-electron chi connectivity index (χ2n) is 3.47. The Kier molecular flexibility index (Phi) is 4.58. The first-order valence-electron chi connectivity index (χ1n) is 5.33. The second kappa shape index (κ2) is 6.42. The van der Waals surface area contributed by atoms with Gasteiger partial charge in [-0.15, -0.1) is 0 Å². The molecule has 0 spiro atoms. The van der Waals surface area contributed by atoms with Gasteiger partial charge in [0.05, 0.1) is 5.69 Å². The molecule has 90 valence electrons. The number of rotatable bonds is 6. The molecule has 1 heterocycles. The number of nitrogens with one attached hydrogen (secondary N) is 1. The third kappa shape index (κ3) is 4.20. The number of ether oxygens (including phenoxy) is 1. The summed E-state index contributed by atoms with van der Waals surface area (Å²) in [4.78, 5) is 0. The summed E-state index contributed by atoms with van der Waals surface area (Å²) >= 11 is 3.38. The van der Waals surface area contributed by atoms with Gasteiger partial charge in [0, 0.05) is 23.6 Å². The molecule has 0 unspecified atom stereocenters. The van der Waals surface area contributed by atoms with Gasteiger partial charge in [-0.1, -0.05) is 21.1 Å². The Labute approximate surface area is 108 Å². The van der Waals surface area contributed by atoms with Crippen molar-refractivity contribution in [1.82, 2.24) is 10.5 Å². The highest BCUT2D eigenvalue weighted by atomic mass is 79.9. The lowest BCUT2D eigenvalue weighted by Crippen LogP contribution is -2.20. The molecule has 1 N–H and O–H groups in total. The molecular weight excluding hydrogens is 284 g/mol. The van der Waals surface area contributed by atoms with Gasteiger partial charge < -0.3 is 14.6 Å². The molecular formula is C12H13BrN2O2. The minimum absolute atomic E-state index is 0.624. The Balaban J connectivity index is 1.61. The van der Waals surface area contributed by atoms with Gasteiger partial charge in [0.2, 0.25) is 0 Å². The summed E-state index contributed by atoms with van der Waals surface area (Å²) < 4.78 is 11.3. The zero-order valence-electron chi connectivity index (χ0n) is 9.23. The summed E-state index contributed by atoms with van der Waals surface area (Å²) in [6, 6.07) is 9.61. The van der Waals surface area contributed by atoms with E-state index in [1.165, 1.54) is 0 Å². The Hall–Kier alpha value is -1.33. The van der Waals surface area contributed by atoms with Crippen molar-refractivity contribution in [3.8, 4) is 5.75 Å². The Bertz CT molecular complexity index is 428. The predicted octanol–water partition coefficient (Wildman–Crippen LogP) is 2.61. The number of halogens is 1. The molecule has 0 amide bonds. The monoisotopic (exact) mass is 296 g/mol. The minimum Gasteiger partial charge on any atom is -0.492 e. The van der Waals surface area contributed by atoms with Crippen molar-refractivity contribution >= 4 is 15.9 Å². The number of hydrogen-bond donors (Lipinski definition) is 1. The van der Waals surface area contributed by atoms with Gasteiger partial charge >= 0.3 is 0 Å². The molecule has 17 heavy (non-hydrogen) atoms. The zero-order valence-corrected chi connectivity index (χ0v) is 10.8. The van der Waals surface area contributed by atoms with E-state index in [9.17, 15) is 0 Å². The lowest BCUT2D eigenvalue weighted by Gasteiger charge is -2.06. The lowest BCUT2D eigenvalue weighted by molar-refractivity contribution is 0.312. The number of aromatic nitrogens is 1. The van der Waals surface area contributed by atoms with E-state index in [4.69, 9.17) is 9.26 Å². The quantitative estimate of drug-likeness (QED) is 0.833. The van der Waals surface area contributed by atoms with Crippen molar-refractivity contribution in [2.45, 2.75) is 6.54 Å². The van der Waals surface area contributed by atoms with Crippen LogP contribution in [0.3, 0.4) is 0 Å². The van der Waals surface area contributed by atoms with E-state index in [2.05, 4.69) is 26.4 Å². The summed E-state index contributed by atoms with van der Waals surface area (Å²) in [5.41, 5.74) is 0.897. The molecule has 0 atom stereocenters. The lowest BCUT2D eigenvalue weighted by atomic mass is 10.3. The second-order valence-corrected chi connectivity index (χ2v) is 4.39. The van der Waals surface area contributed by atoms with E-state index in [1.807, 2.05) is 30.3 Å². The molecule has 0 fully saturated rings. The van der Waals surface area contributed by atoms with Crippen LogP contribution in [0.25, 0.3) is 0 Å². The highest BCUT2D eigenvalue weighted by Crippen LogP contribution is 2.15. The van der Waals surface area contributed by atoms with E-state index < -0.39 is 0 Å². The largest absolute Gasteiger partial charge is 0.492 e. The standard InChI is InChI=1S/C12H13BrN2O2/c13-10-1-3-12(4-2-10)16-8-6-14-9-11-5-7-17-15-11/h1-5,7,14H,6,8-9H2. The smallest absolute Gasteiger partial charge is 0.124 e. The average Bonchev–Trinajstić information content (AvgIpc) is 2.84. The molecule has 0 aliphatic rings. The summed E-state index contributed by atoms with van der Waals surface area (Å²) in [5.74, 6) is 0.872. The highest BCUT2D eigenvalue weighted by Gasteiger charge is 1.96. The van der Waals surface area contributed by atoms with Gasteiger partial charge in [-0.25, -0.2) is 0 Å². The maximum atomic E-state index is 5.55. The molecule has 0 radical (unpaired) electrons. The fourth-order valence-corrected chi connectivity index (χ4v) is 1.58. The van der Waals surface area contributed by atoms with Crippen LogP contribution >= 0.6 is 15.9 Å². The average molecular weight is 297 g/mol. The van der Waals surface area contributed by atoms with Gasteiger partial charge in [0.25, 0.3) is 0 Å². The van der Waals surface area contributed by atoms with Crippen molar-refractivity contribution in [2.24, 2.45) is 0 Å². The van der Waals surface area contributed by atoms with Crippen molar-refractivity contribution < 1.29 is 9.26 Å². The molecule has 1 aromatic carbocycles. The van der Waals surface area contributed by atoms with Crippen molar-refractivity contribution in [3.63, 3.8) is 0 Å². The minimum atomic E-state index is 0.624. The molecule has 0 bridgehead atoms. The summed E-state index contributed by atoms with van der Waals surface area (Å²) in [6.45, 7) is 2.09. The van der Waals surface area contributed by atoms with Gasteiger partial charge in [-0.2, -0.15) is 0 Å². The van der Waals surface area contributed by atoms with Crippen molar-refractivity contribution in [1.29, 1.82) is 0 Å². The first-order valence-corrected chi connectivity index (χ1v) is 6.12. The normalized spacial score (nSPS) is 10.4. The number of hydrogen-bond acceptors (Lipinski definition) is 4. The van der Waals surface area contributed by atoms with Crippen LogP contribution in [-0.2, 0) is 6.54 Å². The number of nitrogens with zero attached hydrogens (tertiary/aromatic N) is 1. The Morgan fingerprint density at radius 2 is 2.06 bits per heavy atom. The Morgan fingerprint density at radius 3 is 2.76 bits per heavy atom. The van der Waals surface area contributed by atoms with Crippen LogP contribution in [-0.4, -0.2) is 18.3 Å². The molecule has 0 aliphatic carbocycles. The molecule has 0 saturated carbocycles. The Morgan fingerprint density at radius 1 is 1.24 bits per heavy atom. The van der Waals surface area contributed by atoms with Gasteiger partial charge in [0.15, 0.2) is 0 Å². The van der Waals surface area contributed by atoms with Crippen molar-refractivity contribution in [2.75, 3.05) is 13.2 Å². The van der Waals surface area contributed by atoms with E-state index in [0.717, 1.165) is 22.5 Å².